The van der Waals surface area contributed by atoms with Crippen molar-refractivity contribution in [3.8, 4) is 6.07 Å². The summed E-state index contributed by atoms with van der Waals surface area (Å²) in [5, 5.41) is 18.5. The van der Waals surface area contributed by atoms with E-state index in [2.05, 4.69) is 21.3 Å². The van der Waals surface area contributed by atoms with Crippen LogP contribution in [0.25, 0.3) is 0 Å². The summed E-state index contributed by atoms with van der Waals surface area (Å²) in [6, 6.07) is 4.02. The van der Waals surface area contributed by atoms with Crippen molar-refractivity contribution in [3.63, 3.8) is 0 Å². The first kappa shape index (κ1) is 15.3. The highest BCUT2D eigenvalue weighted by Crippen LogP contribution is 2.29. The fraction of sp³-hybridized carbons (Fsp3) is 0.385. The molecule has 0 fully saturated rings. The minimum absolute atomic E-state index is 0.356. The van der Waals surface area contributed by atoms with Crippen molar-refractivity contribution in [2.45, 2.75) is 37.1 Å². The van der Waals surface area contributed by atoms with E-state index in [9.17, 15) is 5.26 Å². The third-order valence-corrected chi connectivity index (χ3v) is 3.80. The number of pyridine rings is 1. The minimum Gasteiger partial charge on any atom is -0.380 e. The minimum atomic E-state index is 0.356. The van der Waals surface area contributed by atoms with Crippen LogP contribution in [0.15, 0.2) is 16.2 Å². The topological polar surface area (TPSA) is 103 Å². The SMILES string of the molecule is CCc1nnc(Sc2nc(C)cc(COC)c2C#N)n1N. The molecule has 0 aliphatic carbocycles. The molecule has 0 radical (unpaired) electrons. The number of rotatable bonds is 5. The van der Waals surface area contributed by atoms with Crippen molar-refractivity contribution in [2.24, 2.45) is 0 Å². The van der Waals surface area contributed by atoms with Crippen molar-refractivity contribution in [1.82, 2.24) is 19.9 Å². The molecule has 0 aromatic carbocycles. The summed E-state index contributed by atoms with van der Waals surface area (Å²) in [6.45, 7) is 4.18. The van der Waals surface area contributed by atoms with Gasteiger partial charge in [0.1, 0.15) is 11.1 Å². The highest BCUT2D eigenvalue weighted by Gasteiger charge is 2.16. The molecule has 2 N–H and O–H groups in total. The third kappa shape index (κ3) is 3.15. The second kappa shape index (κ2) is 6.56. The van der Waals surface area contributed by atoms with Gasteiger partial charge in [0.05, 0.1) is 12.2 Å². The monoisotopic (exact) mass is 304 g/mol. The normalized spacial score (nSPS) is 10.6. The molecule has 0 bridgehead atoms. The van der Waals surface area contributed by atoms with Crippen LogP contribution in [0.2, 0.25) is 0 Å². The van der Waals surface area contributed by atoms with E-state index in [4.69, 9.17) is 10.6 Å². The first-order valence-corrected chi connectivity index (χ1v) is 7.19. The van der Waals surface area contributed by atoms with Crippen LogP contribution in [0, 0.1) is 18.3 Å². The van der Waals surface area contributed by atoms with E-state index in [1.807, 2.05) is 19.9 Å². The average Bonchev–Trinajstić information content (AvgIpc) is 2.80. The molecule has 2 rings (SSSR count). The fourth-order valence-electron chi connectivity index (χ4n) is 1.88. The molecular weight excluding hydrogens is 288 g/mol. The number of nitriles is 1. The van der Waals surface area contributed by atoms with E-state index in [-0.39, 0.29) is 0 Å². The van der Waals surface area contributed by atoms with Crippen molar-refractivity contribution < 1.29 is 4.74 Å². The summed E-state index contributed by atoms with van der Waals surface area (Å²) in [4.78, 5) is 4.41. The van der Waals surface area contributed by atoms with Gasteiger partial charge in [0.2, 0.25) is 5.16 Å². The van der Waals surface area contributed by atoms with Gasteiger partial charge in [-0.25, -0.2) is 9.66 Å². The molecule has 0 aliphatic rings. The quantitative estimate of drug-likeness (QED) is 0.833. The second-order valence-electron chi connectivity index (χ2n) is 4.37. The summed E-state index contributed by atoms with van der Waals surface area (Å²) in [7, 11) is 1.59. The predicted octanol–water partition coefficient (Wildman–Crippen LogP) is 1.43. The average molecular weight is 304 g/mol. The Morgan fingerprint density at radius 2 is 2.24 bits per heavy atom. The number of aryl methyl sites for hydroxylation is 2. The van der Waals surface area contributed by atoms with Gasteiger partial charge in [-0.2, -0.15) is 5.26 Å². The largest absolute Gasteiger partial charge is 0.380 e. The molecule has 0 atom stereocenters. The molecule has 8 heteroatoms. The van der Waals surface area contributed by atoms with Gasteiger partial charge >= 0.3 is 0 Å². The predicted molar refractivity (Wildman–Crippen MR) is 78.1 cm³/mol. The van der Waals surface area contributed by atoms with Crippen LogP contribution < -0.4 is 5.84 Å². The summed E-state index contributed by atoms with van der Waals surface area (Å²) in [5.41, 5.74) is 2.09. The van der Waals surface area contributed by atoms with Gasteiger partial charge in [-0.1, -0.05) is 6.92 Å². The standard InChI is InChI=1S/C13H16N6OS/c1-4-11-17-18-13(19(11)15)21-12-10(6-14)9(7-20-3)5-8(2)16-12/h5H,4,7,15H2,1-3H3. The molecule has 2 aromatic rings. The maximum absolute atomic E-state index is 9.38. The van der Waals surface area contributed by atoms with Crippen molar-refractivity contribution in [1.29, 1.82) is 5.26 Å². The maximum Gasteiger partial charge on any atom is 0.216 e. The molecule has 0 spiro atoms. The van der Waals surface area contributed by atoms with Crippen LogP contribution in [0.3, 0.4) is 0 Å². The Hall–Kier alpha value is -2.11. The molecule has 0 aliphatic heterocycles. The highest BCUT2D eigenvalue weighted by molar-refractivity contribution is 7.99. The maximum atomic E-state index is 9.38. The molecule has 0 amide bonds. The number of nitrogens with zero attached hydrogens (tertiary/aromatic N) is 5. The zero-order chi connectivity index (χ0) is 15.4. The van der Waals surface area contributed by atoms with Gasteiger partial charge in [-0.3, -0.25) is 0 Å². The van der Waals surface area contributed by atoms with Crippen LogP contribution in [0.1, 0.15) is 29.6 Å². The number of ether oxygens (including phenoxy) is 1. The van der Waals surface area contributed by atoms with Gasteiger partial charge in [0.25, 0.3) is 0 Å². The first-order valence-electron chi connectivity index (χ1n) is 6.37. The Kier molecular flexibility index (Phi) is 4.77. The summed E-state index contributed by atoms with van der Waals surface area (Å²) < 4.78 is 6.55. The number of methoxy groups -OCH3 is 1. The Bertz CT molecular complexity index is 691. The molecule has 0 unspecified atom stereocenters. The molecule has 0 saturated carbocycles. The molecule has 7 nitrogen and oxygen atoms in total. The lowest BCUT2D eigenvalue weighted by atomic mass is 10.1. The molecule has 110 valence electrons. The van der Waals surface area contributed by atoms with Crippen LogP contribution in [0.5, 0.6) is 0 Å². The third-order valence-electron chi connectivity index (χ3n) is 2.85. The smallest absolute Gasteiger partial charge is 0.216 e. The molecular formula is C13H16N6OS. The Morgan fingerprint density at radius 3 is 2.81 bits per heavy atom. The van der Waals surface area contributed by atoms with Gasteiger partial charge in [0, 0.05) is 24.8 Å². The van der Waals surface area contributed by atoms with E-state index in [1.54, 1.807) is 7.11 Å². The number of hydrogen-bond acceptors (Lipinski definition) is 7. The van der Waals surface area contributed by atoms with Crippen LogP contribution in [0.4, 0.5) is 0 Å². The summed E-state index contributed by atoms with van der Waals surface area (Å²) in [5.74, 6) is 6.60. The lowest BCUT2D eigenvalue weighted by Crippen LogP contribution is -2.13. The van der Waals surface area contributed by atoms with E-state index in [0.717, 1.165) is 11.3 Å². The van der Waals surface area contributed by atoms with E-state index < -0.39 is 0 Å². The first-order chi connectivity index (χ1) is 10.1. The highest BCUT2D eigenvalue weighted by atomic mass is 32.2. The van der Waals surface area contributed by atoms with Crippen LogP contribution in [-0.2, 0) is 17.8 Å². The lowest BCUT2D eigenvalue weighted by molar-refractivity contribution is 0.184. The zero-order valence-corrected chi connectivity index (χ0v) is 12.9. The van der Waals surface area contributed by atoms with Crippen molar-refractivity contribution >= 4 is 11.8 Å². The fourth-order valence-corrected chi connectivity index (χ4v) is 2.80. The van der Waals surface area contributed by atoms with Gasteiger partial charge in [0.15, 0.2) is 5.82 Å². The van der Waals surface area contributed by atoms with Gasteiger partial charge in [-0.15, -0.1) is 10.2 Å². The molecule has 21 heavy (non-hydrogen) atoms. The van der Waals surface area contributed by atoms with Crippen molar-refractivity contribution in [3.05, 3.63) is 28.7 Å². The Labute approximate surface area is 127 Å². The van der Waals surface area contributed by atoms with E-state index in [1.165, 1.54) is 16.4 Å². The number of nitrogen functional groups attached to an aromatic ring is 1. The Balaban J connectivity index is 2.43. The van der Waals surface area contributed by atoms with Crippen LogP contribution in [-0.4, -0.2) is 27.0 Å². The lowest BCUT2D eigenvalue weighted by Gasteiger charge is -2.09. The summed E-state index contributed by atoms with van der Waals surface area (Å²) >= 11 is 1.23. The van der Waals surface area contributed by atoms with Crippen molar-refractivity contribution in [2.75, 3.05) is 13.0 Å². The second-order valence-corrected chi connectivity index (χ2v) is 5.33. The van der Waals surface area contributed by atoms with Gasteiger partial charge in [-0.05, 0) is 24.8 Å². The van der Waals surface area contributed by atoms with Crippen LogP contribution >= 0.6 is 11.8 Å². The number of aromatic nitrogens is 4. The van der Waals surface area contributed by atoms with E-state index >= 15 is 0 Å². The summed E-state index contributed by atoms with van der Waals surface area (Å²) in [6.07, 6.45) is 0.686. The Morgan fingerprint density at radius 1 is 1.48 bits per heavy atom. The van der Waals surface area contributed by atoms with Gasteiger partial charge < -0.3 is 10.6 Å². The number of nitrogens with two attached hydrogens (primary N) is 1. The molecule has 2 aromatic heterocycles. The zero-order valence-electron chi connectivity index (χ0n) is 12.1. The molecule has 2 heterocycles. The molecule has 0 saturated heterocycles. The van der Waals surface area contributed by atoms with E-state index in [0.29, 0.717) is 34.6 Å². The number of hydrogen-bond donors (Lipinski definition) is 1.